The van der Waals surface area contributed by atoms with E-state index in [1.54, 1.807) is 31.3 Å². The molecule has 0 aliphatic heterocycles. The van der Waals surface area contributed by atoms with Crippen LogP contribution in [0.2, 0.25) is 0 Å². The standard InChI is InChI=1S/C28H32IN3O4/c1-18(2)36-26-13-10-20(17-24(26)29)27(34)32-22(14-15-33)16-19-8-11-21(12-9-19)31-28(35)23-6-4-5-7-25(23)30-3/h4-13,17-18,22,30,33H,14-16H2,1-3H3,(H,31,35)(H,32,34)/t22-/m1/s1. The Bertz CT molecular complexity index is 1180. The number of aliphatic hydroxyl groups excluding tert-OH is 1. The van der Waals surface area contributed by atoms with E-state index in [9.17, 15) is 14.7 Å². The summed E-state index contributed by atoms with van der Waals surface area (Å²) in [6.45, 7) is 3.88. The van der Waals surface area contributed by atoms with Crippen molar-refractivity contribution >= 4 is 45.8 Å². The fraction of sp³-hybridized carbons (Fsp3) is 0.286. The first-order valence-electron chi connectivity index (χ1n) is 11.9. The fourth-order valence-corrected chi connectivity index (χ4v) is 4.39. The molecule has 0 aromatic heterocycles. The summed E-state index contributed by atoms with van der Waals surface area (Å²) in [5, 5.41) is 18.5. The SMILES string of the molecule is CNc1ccccc1C(=O)Nc1ccc(C[C@@H](CCO)NC(=O)c2ccc(OC(C)C)c(I)c2)cc1. The Kier molecular flexibility index (Phi) is 10.1. The van der Waals surface area contributed by atoms with Crippen LogP contribution in [-0.4, -0.2) is 42.7 Å². The number of amides is 2. The van der Waals surface area contributed by atoms with Crippen LogP contribution in [0, 0.1) is 3.57 Å². The van der Waals surface area contributed by atoms with Gasteiger partial charge in [-0.3, -0.25) is 9.59 Å². The predicted molar refractivity (Wildman–Crippen MR) is 152 cm³/mol. The second kappa shape index (κ2) is 13.3. The van der Waals surface area contributed by atoms with Crippen LogP contribution in [0.15, 0.2) is 66.7 Å². The van der Waals surface area contributed by atoms with E-state index in [0.717, 1.165) is 20.6 Å². The second-order valence-corrected chi connectivity index (χ2v) is 9.81. The fourth-order valence-electron chi connectivity index (χ4n) is 3.75. The van der Waals surface area contributed by atoms with Crippen molar-refractivity contribution in [2.24, 2.45) is 0 Å². The second-order valence-electron chi connectivity index (χ2n) is 8.65. The zero-order valence-electron chi connectivity index (χ0n) is 20.7. The first-order chi connectivity index (χ1) is 17.3. The summed E-state index contributed by atoms with van der Waals surface area (Å²) in [6.07, 6.45) is 1.03. The van der Waals surface area contributed by atoms with E-state index in [2.05, 4.69) is 38.5 Å². The van der Waals surface area contributed by atoms with E-state index >= 15 is 0 Å². The molecular weight excluding hydrogens is 569 g/mol. The molecule has 0 bridgehead atoms. The molecule has 3 aromatic rings. The van der Waals surface area contributed by atoms with Gasteiger partial charge in [0.15, 0.2) is 0 Å². The van der Waals surface area contributed by atoms with E-state index < -0.39 is 0 Å². The molecule has 0 spiro atoms. The monoisotopic (exact) mass is 601 g/mol. The van der Waals surface area contributed by atoms with Gasteiger partial charge in [0.25, 0.3) is 11.8 Å². The number of para-hydroxylation sites is 1. The van der Waals surface area contributed by atoms with Crippen LogP contribution < -0.4 is 20.7 Å². The Morgan fingerprint density at radius 2 is 1.72 bits per heavy atom. The lowest BCUT2D eigenvalue weighted by atomic mass is 10.0. The number of rotatable bonds is 11. The number of ether oxygens (including phenoxy) is 1. The average Bonchev–Trinajstić information content (AvgIpc) is 2.86. The molecule has 0 heterocycles. The maximum Gasteiger partial charge on any atom is 0.257 e. The van der Waals surface area contributed by atoms with E-state index in [0.29, 0.717) is 29.7 Å². The maximum atomic E-state index is 12.9. The van der Waals surface area contributed by atoms with Crippen LogP contribution >= 0.6 is 22.6 Å². The lowest BCUT2D eigenvalue weighted by Crippen LogP contribution is -2.37. The van der Waals surface area contributed by atoms with Crippen molar-refractivity contribution in [2.75, 3.05) is 24.3 Å². The minimum atomic E-state index is -0.241. The highest BCUT2D eigenvalue weighted by molar-refractivity contribution is 14.1. The van der Waals surface area contributed by atoms with Crippen LogP contribution in [-0.2, 0) is 6.42 Å². The Balaban J connectivity index is 1.63. The number of hydrogen-bond acceptors (Lipinski definition) is 5. The van der Waals surface area contributed by atoms with Crippen LogP contribution in [0.25, 0.3) is 0 Å². The molecule has 190 valence electrons. The molecule has 0 fully saturated rings. The van der Waals surface area contributed by atoms with Crippen molar-refractivity contribution in [3.05, 3.63) is 87.0 Å². The highest BCUT2D eigenvalue weighted by Crippen LogP contribution is 2.23. The largest absolute Gasteiger partial charge is 0.490 e. The van der Waals surface area contributed by atoms with Crippen LogP contribution in [0.5, 0.6) is 5.75 Å². The smallest absolute Gasteiger partial charge is 0.257 e. The van der Waals surface area contributed by atoms with Gasteiger partial charge in [-0.1, -0.05) is 24.3 Å². The molecular formula is C28H32IN3O4. The molecule has 3 rings (SSSR count). The highest BCUT2D eigenvalue weighted by Gasteiger charge is 2.16. The average molecular weight is 601 g/mol. The van der Waals surface area contributed by atoms with E-state index in [1.807, 2.05) is 56.3 Å². The van der Waals surface area contributed by atoms with E-state index in [1.165, 1.54) is 0 Å². The maximum absolute atomic E-state index is 12.9. The summed E-state index contributed by atoms with van der Waals surface area (Å²) in [4.78, 5) is 25.5. The molecule has 36 heavy (non-hydrogen) atoms. The van der Waals surface area contributed by atoms with Gasteiger partial charge in [0.2, 0.25) is 0 Å². The summed E-state index contributed by atoms with van der Waals surface area (Å²) in [6, 6.07) is 19.9. The van der Waals surface area contributed by atoms with Gasteiger partial charge in [-0.15, -0.1) is 0 Å². The predicted octanol–water partition coefficient (Wildman–Crippen LogP) is 5.10. The van der Waals surface area contributed by atoms with Gasteiger partial charge in [0.05, 0.1) is 15.2 Å². The van der Waals surface area contributed by atoms with Crippen molar-refractivity contribution in [2.45, 2.75) is 38.8 Å². The topological polar surface area (TPSA) is 99.7 Å². The van der Waals surface area contributed by atoms with E-state index in [-0.39, 0.29) is 30.6 Å². The molecule has 3 aromatic carbocycles. The third-order valence-electron chi connectivity index (χ3n) is 5.50. The van der Waals surface area contributed by atoms with Crippen molar-refractivity contribution in [1.29, 1.82) is 0 Å². The van der Waals surface area contributed by atoms with E-state index in [4.69, 9.17) is 4.74 Å². The first-order valence-corrected chi connectivity index (χ1v) is 12.9. The summed E-state index contributed by atoms with van der Waals surface area (Å²) < 4.78 is 6.61. The Morgan fingerprint density at radius 1 is 1.00 bits per heavy atom. The first kappa shape index (κ1) is 27.5. The zero-order valence-corrected chi connectivity index (χ0v) is 22.8. The minimum absolute atomic E-state index is 0.0390. The summed E-state index contributed by atoms with van der Waals surface area (Å²) in [7, 11) is 1.78. The van der Waals surface area contributed by atoms with Gasteiger partial charge in [-0.25, -0.2) is 0 Å². The van der Waals surface area contributed by atoms with Crippen molar-refractivity contribution in [3.63, 3.8) is 0 Å². The molecule has 0 aliphatic carbocycles. The third kappa shape index (κ3) is 7.69. The Hall–Kier alpha value is -3.11. The van der Waals surface area contributed by atoms with Crippen molar-refractivity contribution < 1.29 is 19.4 Å². The molecule has 2 amide bonds. The number of halogens is 1. The van der Waals surface area contributed by atoms with Crippen LogP contribution in [0.1, 0.15) is 46.5 Å². The molecule has 0 unspecified atom stereocenters. The van der Waals surface area contributed by atoms with Gasteiger partial charge in [-0.05, 0) is 97.3 Å². The lowest BCUT2D eigenvalue weighted by molar-refractivity contribution is 0.0929. The van der Waals surface area contributed by atoms with Gasteiger partial charge < -0.3 is 25.8 Å². The molecule has 4 N–H and O–H groups in total. The number of nitrogens with one attached hydrogen (secondary N) is 3. The quantitative estimate of drug-likeness (QED) is 0.230. The summed E-state index contributed by atoms with van der Waals surface area (Å²) >= 11 is 2.16. The molecule has 0 saturated heterocycles. The van der Waals surface area contributed by atoms with Gasteiger partial charge in [0, 0.05) is 36.6 Å². The molecule has 0 saturated carbocycles. The normalized spacial score (nSPS) is 11.6. The van der Waals surface area contributed by atoms with Crippen LogP contribution in [0.4, 0.5) is 11.4 Å². The molecule has 1 atom stereocenters. The van der Waals surface area contributed by atoms with Gasteiger partial charge >= 0.3 is 0 Å². The van der Waals surface area contributed by atoms with Crippen molar-refractivity contribution in [3.8, 4) is 5.75 Å². The molecule has 0 radical (unpaired) electrons. The van der Waals surface area contributed by atoms with Crippen molar-refractivity contribution in [1.82, 2.24) is 5.32 Å². The van der Waals surface area contributed by atoms with Gasteiger partial charge in [-0.2, -0.15) is 0 Å². The summed E-state index contributed by atoms with van der Waals surface area (Å²) in [5.74, 6) is 0.350. The number of benzene rings is 3. The molecule has 8 heteroatoms. The lowest BCUT2D eigenvalue weighted by Gasteiger charge is -2.19. The molecule has 0 aliphatic rings. The minimum Gasteiger partial charge on any atom is -0.490 e. The number of aliphatic hydroxyl groups is 1. The number of anilines is 2. The number of carbonyl (C=O) groups is 2. The zero-order chi connectivity index (χ0) is 26.1. The highest BCUT2D eigenvalue weighted by atomic mass is 127. The molecule has 7 nitrogen and oxygen atoms in total. The Morgan fingerprint density at radius 3 is 2.36 bits per heavy atom. The third-order valence-corrected chi connectivity index (χ3v) is 6.35. The van der Waals surface area contributed by atoms with Gasteiger partial charge in [0.1, 0.15) is 5.75 Å². The Labute approximate surface area is 225 Å². The number of hydrogen-bond donors (Lipinski definition) is 4. The summed E-state index contributed by atoms with van der Waals surface area (Å²) in [5.41, 5.74) is 3.52. The van der Waals surface area contributed by atoms with Crippen LogP contribution in [0.3, 0.4) is 0 Å². The number of carbonyl (C=O) groups excluding carboxylic acids is 2.